The summed E-state index contributed by atoms with van der Waals surface area (Å²) in [5.41, 5.74) is 1.53. The number of H-pyrrole nitrogens is 1. The highest BCUT2D eigenvalue weighted by atomic mass is 35.5. The minimum atomic E-state index is -0.338. The standard InChI is InChI=1S/C13H13Cl2N3O2/c1-7(6-19)16-13(20)12-5-11(17-18-12)9-3-2-8(14)4-10(9)15/h2-5,7,19H,6H2,1H3,(H,16,20)(H,17,18)/t7-/m1/s1. The summed E-state index contributed by atoms with van der Waals surface area (Å²) in [6.45, 7) is 1.57. The third kappa shape index (κ3) is 3.30. The minimum absolute atomic E-state index is 0.129. The van der Waals surface area contributed by atoms with Gasteiger partial charge >= 0.3 is 0 Å². The predicted octanol–water partition coefficient (Wildman–Crippen LogP) is 2.49. The van der Waals surface area contributed by atoms with Crippen LogP contribution in [0.15, 0.2) is 24.3 Å². The topological polar surface area (TPSA) is 78.0 Å². The molecular weight excluding hydrogens is 301 g/mol. The van der Waals surface area contributed by atoms with Gasteiger partial charge in [-0.2, -0.15) is 5.10 Å². The van der Waals surface area contributed by atoms with Crippen molar-refractivity contribution in [1.29, 1.82) is 0 Å². The molecule has 0 unspecified atom stereocenters. The minimum Gasteiger partial charge on any atom is -0.394 e. The van der Waals surface area contributed by atoms with Crippen molar-refractivity contribution < 1.29 is 9.90 Å². The molecule has 1 atom stereocenters. The Bertz CT molecular complexity index is 628. The SMILES string of the molecule is C[C@H](CO)NC(=O)c1cc(-c2ccc(Cl)cc2Cl)n[nH]1. The van der Waals surface area contributed by atoms with Crippen molar-refractivity contribution in [2.45, 2.75) is 13.0 Å². The second-order valence-electron chi connectivity index (χ2n) is 4.35. The number of amides is 1. The Morgan fingerprint density at radius 2 is 2.20 bits per heavy atom. The van der Waals surface area contributed by atoms with Gasteiger partial charge < -0.3 is 10.4 Å². The van der Waals surface area contributed by atoms with Gasteiger partial charge in [0, 0.05) is 16.6 Å². The number of carbonyl (C=O) groups is 1. The van der Waals surface area contributed by atoms with Gasteiger partial charge in [0.2, 0.25) is 0 Å². The number of aromatic amines is 1. The van der Waals surface area contributed by atoms with Gasteiger partial charge in [0.15, 0.2) is 0 Å². The number of carbonyl (C=O) groups excluding carboxylic acids is 1. The van der Waals surface area contributed by atoms with Crippen LogP contribution in [-0.2, 0) is 0 Å². The Kier molecular flexibility index (Phi) is 4.65. The van der Waals surface area contributed by atoms with Gasteiger partial charge in [-0.25, -0.2) is 0 Å². The smallest absolute Gasteiger partial charge is 0.269 e. The lowest BCUT2D eigenvalue weighted by Gasteiger charge is -2.08. The molecule has 1 aromatic carbocycles. The number of benzene rings is 1. The lowest BCUT2D eigenvalue weighted by molar-refractivity contribution is 0.0917. The lowest BCUT2D eigenvalue weighted by atomic mass is 10.1. The van der Waals surface area contributed by atoms with Crippen LogP contribution in [0.25, 0.3) is 11.3 Å². The van der Waals surface area contributed by atoms with E-state index >= 15 is 0 Å². The quantitative estimate of drug-likeness (QED) is 0.811. The molecule has 1 amide bonds. The van der Waals surface area contributed by atoms with E-state index in [0.29, 0.717) is 27.0 Å². The first kappa shape index (κ1) is 14.8. The number of nitrogens with one attached hydrogen (secondary N) is 2. The number of halogens is 2. The van der Waals surface area contributed by atoms with Crippen LogP contribution in [0.3, 0.4) is 0 Å². The Hall–Kier alpha value is -1.56. The Morgan fingerprint density at radius 3 is 2.85 bits per heavy atom. The Morgan fingerprint density at radius 1 is 1.45 bits per heavy atom. The fourth-order valence-corrected chi connectivity index (χ4v) is 2.13. The van der Waals surface area contributed by atoms with Crippen LogP contribution in [0.1, 0.15) is 17.4 Å². The fraction of sp³-hybridized carbons (Fsp3) is 0.231. The predicted molar refractivity (Wildman–Crippen MR) is 78.1 cm³/mol. The number of hydrogen-bond acceptors (Lipinski definition) is 3. The summed E-state index contributed by atoms with van der Waals surface area (Å²) in [5, 5.41) is 19.2. The maximum atomic E-state index is 11.9. The maximum absolute atomic E-state index is 11.9. The zero-order chi connectivity index (χ0) is 14.7. The summed E-state index contributed by atoms with van der Waals surface area (Å²) in [6, 6.07) is 6.31. The van der Waals surface area contributed by atoms with Crippen LogP contribution in [0, 0.1) is 0 Å². The molecule has 0 radical (unpaired) electrons. The number of hydrogen-bond donors (Lipinski definition) is 3. The van der Waals surface area contributed by atoms with E-state index in [1.807, 2.05) is 0 Å². The average Bonchev–Trinajstić information content (AvgIpc) is 2.88. The second kappa shape index (κ2) is 6.26. The van der Waals surface area contributed by atoms with Crippen molar-refractivity contribution in [1.82, 2.24) is 15.5 Å². The molecule has 0 saturated carbocycles. The first-order valence-electron chi connectivity index (χ1n) is 5.94. The summed E-state index contributed by atoms with van der Waals surface area (Å²) < 4.78 is 0. The zero-order valence-electron chi connectivity index (χ0n) is 10.7. The van der Waals surface area contributed by atoms with Gasteiger partial charge in [0.25, 0.3) is 5.91 Å². The van der Waals surface area contributed by atoms with Crippen molar-refractivity contribution in [3.05, 3.63) is 40.0 Å². The summed E-state index contributed by atoms with van der Waals surface area (Å²) >= 11 is 11.9. The van der Waals surface area contributed by atoms with Crippen molar-refractivity contribution >= 4 is 29.1 Å². The molecule has 1 aromatic heterocycles. The molecule has 0 saturated heterocycles. The van der Waals surface area contributed by atoms with Crippen LogP contribution in [0.2, 0.25) is 10.0 Å². The molecule has 2 rings (SSSR count). The van der Waals surface area contributed by atoms with Crippen LogP contribution < -0.4 is 5.32 Å². The molecular formula is C13H13Cl2N3O2. The third-order valence-corrected chi connectivity index (χ3v) is 3.23. The molecule has 0 spiro atoms. The molecule has 7 heteroatoms. The van der Waals surface area contributed by atoms with Crippen molar-refractivity contribution in [3.8, 4) is 11.3 Å². The summed E-state index contributed by atoms with van der Waals surface area (Å²) in [5.74, 6) is -0.338. The number of nitrogens with zero attached hydrogens (tertiary/aromatic N) is 1. The van der Waals surface area contributed by atoms with E-state index < -0.39 is 0 Å². The molecule has 20 heavy (non-hydrogen) atoms. The lowest BCUT2D eigenvalue weighted by Crippen LogP contribution is -2.35. The number of aromatic nitrogens is 2. The first-order valence-corrected chi connectivity index (χ1v) is 6.69. The highest BCUT2D eigenvalue weighted by Gasteiger charge is 2.14. The molecule has 0 fully saturated rings. The average molecular weight is 314 g/mol. The van der Waals surface area contributed by atoms with Gasteiger partial charge in [-0.1, -0.05) is 23.2 Å². The Balaban J connectivity index is 2.22. The number of aliphatic hydroxyl groups is 1. The van der Waals surface area contributed by atoms with E-state index in [4.69, 9.17) is 28.3 Å². The monoisotopic (exact) mass is 313 g/mol. The maximum Gasteiger partial charge on any atom is 0.269 e. The van der Waals surface area contributed by atoms with Gasteiger partial charge in [-0.05, 0) is 31.2 Å². The van der Waals surface area contributed by atoms with E-state index in [0.717, 1.165) is 0 Å². The van der Waals surface area contributed by atoms with Crippen LogP contribution in [0.4, 0.5) is 0 Å². The van der Waals surface area contributed by atoms with Gasteiger partial charge in [-0.15, -0.1) is 0 Å². The first-order chi connectivity index (χ1) is 9.51. The molecule has 0 aliphatic carbocycles. The van der Waals surface area contributed by atoms with Crippen molar-refractivity contribution in [3.63, 3.8) is 0 Å². The number of aliphatic hydroxyl groups excluding tert-OH is 1. The summed E-state index contributed by atoms with van der Waals surface area (Å²) in [4.78, 5) is 11.9. The number of rotatable bonds is 4. The van der Waals surface area contributed by atoms with Gasteiger partial charge in [-0.3, -0.25) is 9.89 Å². The van der Waals surface area contributed by atoms with Crippen molar-refractivity contribution in [2.75, 3.05) is 6.61 Å². The largest absolute Gasteiger partial charge is 0.394 e. The highest BCUT2D eigenvalue weighted by Crippen LogP contribution is 2.29. The van der Waals surface area contributed by atoms with Gasteiger partial charge in [0.05, 0.1) is 17.3 Å². The second-order valence-corrected chi connectivity index (χ2v) is 5.19. The van der Waals surface area contributed by atoms with Gasteiger partial charge in [0.1, 0.15) is 5.69 Å². The molecule has 2 aromatic rings. The van der Waals surface area contributed by atoms with E-state index in [9.17, 15) is 4.79 Å². The van der Waals surface area contributed by atoms with E-state index in [1.165, 1.54) is 0 Å². The van der Waals surface area contributed by atoms with Crippen LogP contribution >= 0.6 is 23.2 Å². The normalized spacial score (nSPS) is 12.2. The third-order valence-electron chi connectivity index (χ3n) is 2.68. The van der Waals surface area contributed by atoms with E-state index in [-0.39, 0.29) is 18.6 Å². The summed E-state index contributed by atoms with van der Waals surface area (Å²) in [7, 11) is 0. The molecule has 0 aliphatic heterocycles. The molecule has 5 nitrogen and oxygen atoms in total. The highest BCUT2D eigenvalue weighted by molar-refractivity contribution is 6.36. The molecule has 106 valence electrons. The van der Waals surface area contributed by atoms with Crippen molar-refractivity contribution in [2.24, 2.45) is 0 Å². The molecule has 0 bridgehead atoms. The van der Waals surface area contributed by atoms with Crippen LogP contribution in [-0.4, -0.2) is 33.9 Å². The van der Waals surface area contributed by atoms with E-state index in [2.05, 4.69) is 15.5 Å². The van der Waals surface area contributed by atoms with Crippen LogP contribution in [0.5, 0.6) is 0 Å². The molecule has 3 N–H and O–H groups in total. The molecule has 0 aliphatic rings. The van der Waals surface area contributed by atoms with E-state index in [1.54, 1.807) is 31.2 Å². The zero-order valence-corrected chi connectivity index (χ0v) is 12.2. The Labute approximate surface area is 125 Å². The fourth-order valence-electron chi connectivity index (χ4n) is 1.62. The molecule has 1 heterocycles. The summed E-state index contributed by atoms with van der Waals surface area (Å²) in [6.07, 6.45) is 0.